The second-order valence-corrected chi connectivity index (χ2v) is 5.06. The molecule has 1 aromatic carbocycles. The molecule has 0 unspecified atom stereocenters. The Morgan fingerprint density at radius 3 is 2.52 bits per heavy atom. The Labute approximate surface area is 132 Å². The van der Waals surface area contributed by atoms with Gasteiger partial charge in [0, 0.05) is 6.07 Å². The van der Waals surface area contributed by atoms with Gasteiger partial charge in [-0.3, -0.25) is 29.1 Å². The van der Waals surface area contributed by atoms with Crippen LogP contribution in [0.25, 0.3) is 5.69 Å². The minimum absolute atomic E-state index is 0.0350. The maximum atomic E-state index is 13.5. The van der Waals surface area contributed by atoms with Crippen molar-refractivity contribution in [2.45, 2.75) is 0 Å². The van der Waals surface area contributed by atoms with Crippen LogP contribution in [0.1, 0.15) is 31.1 Å². The van der Waals surface area contributed by atoms with Gasteiger partial charge in [-0.05, 0) is 29.8 Å². The number of halogens is 2. The van der Waals surface area contributed by atoms with E-state index >= 15 is 0 Å². The van der Waals surface area contributed by atoms with E-state index in [-0.39, 0.29) is 22.6 Å². The molecule has 2 aromatic rings. The van der Waals surface area contributed by atoms with Gasteiger partial charge in [-0.1, -0.05) is 0 Å². The number of carbonyl (C=O) groups excluding carboxylic acids is 3. The lowest BCUT2D eigenvalue weighted by Crippen LogP contribution is -2.24. The minimum atomic E-state index is -1.05. The van der Waals surface area contributed by atoms with E-state index in [9.17, 15) is 23.6 Å². The van der Waals surface area contributed by atoms with Crippen molar-refractivity contribution in [3.63, 3.8) is 0 Å². The number of nitrogen functional groups attached to an aromatic ring is 1. The minimum Gasteiger partial charge on any atom is -0.384 e. The molecule has 9 heteroatoms. The first-order chi connectivity index (χ1) is 10.8. The highest BCUT2D eigenvalue weighted by Crippen LogP contribution is 2.24. The van der Waals surface area contributed by atoms with Crippen molar-refractivity contribution in [2.24, 2.45) is 0 Å². The molecule has 0 bridgehead atoms. The fourth-order valence-corrected chi connectivity index (χ4v) is 2.49. The molecule has 0 spiro atoms. The van der Waals surface area contributed by atoms with E-state index in [4.69, 9.17) is 17.3 Å². The molecule has 0 saturated heterocycles. The van der Waals surface area contributed by atoms with Crippen LogP contribution >= 0.6 is 11.6 Å². The fourth-order valence-electron chi connectivity index (χ4n) is 2.35. The van der Waals surface area contributed by atoms with Crippen LogP contribution in [0.4, 0.5) is 10.2 Å². The zero-order valence-corrected chi connectivity index (χ0v) is 12.0. The molecule has 0 radical (unpaired) electrons. The lowest BCUT2D eigenvalue weighted by molar-refractivity contribution is 0.0879. The summed E-state index contributed by atoms with van der Waals surface area (Å²) in [5.74, 6) is -2.63. The Morgan fingerprint density at radius 1 is 1.17 bits per heavy atom. The van der Waals surface area contributed by atoms with Gasteiger partial charge in [0.1, 0.15) is 11.6 Å². The zero-order valence-electron chi connectivity index (χ0n) is 11.2. The number of rotatable bonds is 2. The van der Waals surface area contributed by atoms with Crippen molar-refractivity contribution in [3.8, 4) is 5.69 Å². The third kappa shape index (κ3) is 2.20. The molecular formula is C14H7ClFN3O4. The molecule has 3 rings (SSSR count). The number of hydrogen-bond acceptors (Lipinski definition) is 5. The van der Waals surface area contributed by atoms with Crippen LogP contribution in [-0.2, 0) is 0 Å². The van der Waals surface area contributed by atoms with Gasteiger partial charge in [-0.15, -0.1) is 0 Å². The quantitative estimate of drug-likeness (QED) is 0.623. The van der Waals surface area contributed by atoms with Crippen molar-refractivity contribution < 1.29 is 18.8 Å². The first kappa shape index (κ1) is 14.9. The summed E-state index contributed by atoms with van der Waals surface area (Å²) in [5.41, 5.74) is 4.40. The van der Waals surface area contributed by atoms with E-state index in [1.165, 1.54) is 6.07 Å². The zero-order chi connectivity index (χ0) is 16.9. The highest BCUT2D eigenvalue weighted by atomic mass is 35.5. The van der Waals surface area contributed by atoms with Gasteiger partial charge < -0.3 is 5.73 Å². The number of hydrogen-bond donors (Lipinski definition) is 2. The van der Waals surface area contributed by atoms with E-state index in [0.29, 0.717) is 0 Å². The number of imide groups is 1. The highest BCUT2D eigenvalue weighted by Gasteiger charge is 2.32. The van der Waals surface area contributed by atoms with Gasteiger partial charge in [-0.25, -0.2) is 4.39 Å². The van der Waals surface area contributed by atoms with Crippen molar-refractivity contribution >= 4 is 34.5 Å². The van der Waals surface area contributed by atoms with Crippen LogP contribution in [0.3, 0.4) is 0 Å². The summed E-state index contributed by atoms with van der Waals surface area (Å²) in [4.78, 5) is 46.7. The number of anilines is 1. The summed E-state index contributed by atoms with van der Waals surface area (Å²) in [6, 6.07) is 4.10. The second-order valence-electron chi connectivity index (χ2n) is 4.71. The lowest BCUT2D eigenvalue weighted by Gasteiger charge is -2.12. The third-order valence-electron chi connectivity index (χ3n) is 3.37. The first-order valence-electron chi connectivity index (χ1n) is 6.22. The summed E-state index contributed by atoms with van der Waals surface area (Å²) in [7, 11) is 0. The van der Waals surface area contributed by atoms with Crippen LogP contribution in [0, 0.1) is 5.82 Å². The average molecular weight is 336 g/mol. The molecule has 2 heterocycles. The summed E-state index contributed by atoms with van der Waals surface area (Å²) in [6.07, 6.45) is 0. The number of nitrogens with zero attached hydrogens (tertiary/aromatic N) is 1. The van der Waals surface area contributed by atoms with Crippen LogP contribution in [0.15, 0.2) is 29.1 Å². The largest absolute Gasteiger partial charge is 0.384 e. The smallest absolute Gasteiger partial charge is 0.262 e. The van der Waals surface area contributed by atoms with Crippen molar-refractivity contribution in [3.05, 3.63) is 57.1 Å². The Morgan fingerprint density at radius 2 is 1.87 bits per heavy atom. The molecule has 2 amide bonds. The fraction of sp³-hybridized carbons (Fsp3) is 0. The number of fused-ring (bicyclic) bond motifs is 1. The van der Waals surface area contributed by atoms with Gasteiger partial charge in [-0.2, -0.15) is 0 Å². The maximum Gasteiger partial charge on any atom is 0.262 e. The first-order valence-corrected chi connectivity index (χ1v) is 6.60. The Bertz CT molecular complexity index is 967. The molecule has 1 aromatic heterocycles. The van der Waals surface area contributed by atoms with Gasteiger partial charge in [0.2, 0.25) is 0 Å². The van der Waals surface area contributed by atoms with Gasteiger partial charge in [0.15, 0.2) is 0 Å². The van der Waals surface area contributed by atoms with Gasteiger partial charge in [0.25, 0.3) is 22.6 Å². The van der Waals surface area contributed by atoms with E-state index in [1.54, 1.807) is 0 Å². The predicted octanol–water partition coefficient (Wildman–Crippen LogP) is 0.821. The summed E-state index contributed by atoms with van der Waals surface area (Å²) < 4.78 is 14.4. The molecule has 3 N–H and O–H groups in total. The van der Waals surface area contributed by atoms with E-state index in [0.717, 1.165) is 22.8 Å². The van der Waals surface area contributed by atoms with Crippen LogP contribution in [-0.4, -0.2) is 21.6 Å². The number of benzene rings is 1. The van der Waals surface area contributed by atoms with Gasteiger partial charge >= 0.3 is 0 Å². The molecule has 0 fully saturated rings. The summed E-state index contributed by atoms with van der Waals surface area (Å²) in [6.45, 7) is 0. The van der Waals surface area contributed by atoms with Crippen LogP contribution in [0.5, 0.6) is 0 Å². The van der Waals surface area contributed by atoms with Crippen molar-refractivity contribution in [1.29, 1.82) is 0 Å². The number of aromatic nitrogens is 1. The van der Waals surface area contributed by atoms with Crippen molar-refractivity contribution in [2.75, 3.05) is 5.73 Å². The SMILES string of the molecule is Nc1c2c(cc(=O)n1-c1ccc(F)c(C(=O)Cl)c1)C(=O)NC2=O. The monoisotopic (exact) mass is 335 g/mol. The molecule has 1 aliphatic rings. The Balaban J connectivity index is 2.31. The lowest BCUT2D eigenvalue weighted by atomic mass is 10.1. The Kier molecular flexibility index (Phi) is 3.26. The Hall–Kier alpha value is -3.00. The average Bonchev–Trinajstić information content (AvgIpc) is 2.75. The van der Waals surface area contributed by atoms with Crippen LogP contribution in [0.2, 0.25) is 0 Å². The second kappa shape index (κ2) is 5.03. The third-order valence-corrected chi connectivity index (χ3v) is 3.58. The number of nitrogens with one attached hydrogen (secondary N) is 1. The standard InChI is InChI=1S/C14H7ClFN3O4/c15-11(21)6-3-5(1-2-8(6)16)19-9(20)4-7-10(12(19)17)14(23)18-13(7)22/h1-4H,17H2,(H,18,22,23). The molecule has 7 nitrogen and oxygen atoms in total. The molecule has 116 valence electrons. The predicted molar refractivity (Wildman–Crippen MR) is 78.4 cm³/mol. The molecule has 0 atom stereocenters. The normalized spacial score (nSPS) is 13.0. The topological polar surface area (TPSA) is 111 Å². The number of carbonyl (C=O) groups is 3. The van der Waals surface area contributed by atoms with E-state index in [1.807, 2.05) is 5.32 Å². The van der Waals surface area contributed by atoms with E-state index < -0.39 is 34.0 Å². The molecule has 0 saturated carbocycles. The number of nitrogens with two attached hydrogens (primary N) is 1. The van der Waals surface area contributed by atoms with Gasteiger partial charge in [0.05, 0.1) is 22.4 Å². The van der Waals surface area contributed by atoms with Crippen molar-refractivity contribution in [1.82, 2.24) is 9.88 Å². The highest BCUT2D eigenvalue weighted by molar-refractivity contribution is 6.67. The number of amides is 2. The molecule has 23 heavy (non-hydrogen) atoms. The summed E-state index contributed by atoms with van der Waals surface area (Å²) >= 11 is 5.28. The summed E-state index contributed by atoms with van der Waals surface area (Å²) in [5, 5.41) is 0.971. The molecule has 1 aliphatic heterocycles. The van der Waals surface area contributed by atoms with E-state index in [2.05, 4.69) is 0 Å². The number of pyridine rings is 1. The maximum absolute atomic E-state index is 13.5. The molecule has 0 aliphatic carbocycles. The molecular weight excluding hydrogens is 329 g/mol. The van der Waals surface area contributed by atoms with Crippen LogP contribution < -0.4 is 16.6 Å².